The van der Waals surface area contributed by atoms with Gasteiger partial charge in [-0.2, -0.15) is 0 Å². The van der Waals surface area contributed by atoms with Crippen LogP contribution in [0.15, 0.2) is 54.7 Å². The number of rotatable bonds is 12. The van der Waals surface area contributed by atoms with Crippen molar-refractivity contribution in [2.75, 3.05) is 40.5 Å². The van der Waals surface area contributed by atoms with Gasteiger partial charge in [-0.3, -0.25) is 14.9 Å². The standard InChI is InChI=1S/C47H57N9O7/c1-26(2)39(53-46(59)61-3)44(57)56-20-6-8-38(56)43-50-35-16-10-28-23-29(9-13-32(28)41(35)52-43)33-14-11-30-24-31(12-15-34(30)49-33)36-25-48-42(51-36)37-7-5-19-55(37)45(58)40(54-47(60)62-4)27-17-21-63-22-18-27/h9,11-15,23-27,37-40,46,53,59H,5-8,10,16-22H2,1-4H3,(H,48,51)(H,50,52)(H,54,60)/t37-,38-,39-,40-,46?/m0/s1. The molecule has 332 valence electrons. The maximum absolute atomic E-state index is 14.0. The summed E-state index contributed by atoms with van der Waals surface area (Å²) in [6.45, 7) is 6.25. The number of likely N-dealkylation sites (tertiary alicyclic amines) is 2. The maximum atomic E-state index is 14.0. The Kier molecular flexibility index (Phi) is 12.3. The topological polar surface area (TPSA) is 200 Å². The minimum absolute atomic E-state index is 0.0308. The van der Waals surface area contributed by atoms with Crippen LogP contribution in [0.4, 0.5) is 4.79 Å². The molecule has 1 aliphatic carbocycles. The van der Waals surface area contributed by atoms with Gasteiger partial charge in [0.25, 0.3) is 0 Å². The third-order valence-corrected chi connectivity index (χ3v) is 13.3. The van der Waals surface area contributed by atoms with Crippen LogP contribution in [0.3, 0.4) is 0 Å². The van der Waals surface area contributed by atoms with Gasteiger partial charge in [-0.15, -0.1) is 0 Å². The Morgan fingerprint density at radius 3 is 2.35 bits per heavy atom. The van der Waals surface area contributed by atoms with Crippen molar-refractivity contribution in [2.24, 2.45) is 11.8 Å². The highest BCUT2D eigenvalue weighted by molar-refractivity contribution is 5.88. The number of imidazole rings is 2. The average molecular weight is 860 g/mol. The second kappa shape index (κ2) is 18.2. The largest absolute Gasteiger partial charge is 0.453 e. The van der Waals surface area contributed by atoms with Gasteiger partial charge in [0.15, 0.2) is 0 Å². The third kappa shape index (κ3) is 8.56. The average Bonchev–Trinajstić information content (AvgIpc) is 4.16. The lowest BCUT2D eigenvalue weighted by Gasteiger charge is -2.34. The number of hydrogen-bond acceptors (Lipinski definition) is 11. The summed E-state index contributed by atoms with van der Waals surface area (Å²) >= 11 is 0. The van der Waals surface area contributed by atoms with E-state index in [1.165, 1.54) is 19.8 Å². The molecule has 3 saturated heterocycles. The van der Waals surface area contributed by atoms with E-state index in [2.05, 4.69) is 57.0 Å². The number of aliphatic hydroxyl groups is 1. The molecule has 5 atom stereocenters. The molecule has 3 aliphatic heterocycles. The molecule has 5 N–H and O–H groups in total. The van der Waals surface area contributed by atoms with Crippen LogP contribution < -0.4 is 10.6 Å². The van der Waals surface area contributed by atoms with Crippen molar-refractivity contribution >= 4 is 28.8 Å². The summed E-state index contributed by atoms with van der Waals surface area (Å²) in [6.07, 6.45) is 6.35. The molecule has 2 aromatic carbocycles. The fourth-order valence-electron chi connectivity index (χ4n) is 9.92. The summed E-state index contributed by atoms with van der Waals surface area (Å²) in [5.41, 5.74) is 8.94. The van der Waals surface area contributed by atoms with Crippen LogP contribution >= 0.6 is 0 Å². The van der Waals surface area contributed by atoms with Crippen LogP contribution in [0.25, 0.3) is 44.7 Å². The Morgan fingerprint density at radius 1 is 0.857 bits per heavy atom. The Balaban J connectivity index is 0.898. The van der Waals surface area contributed by atoms with Crippen molar-refractivity contribution in [2.45, 2.75) is 95.8 Å². The molecule has 5 aromatic rings. The highest BCUT2D eigenvalue weighted by Crippen LogP contribution is 2.39. The molecule has 0 saturated carbocycles. The van der Waals surface area contributed by atoms with Gasteiger partial charge >= 0.3 is 6.09 Å². The van der Waals surface area contributed by atoms with Crippen molar-refractivity contribution in [3.63, 3.8) is 0 Å². The first-order valence-electron chi connectivity index (χ1n) is 22.3. The lowest BCUT2D eigenvalue weighted by molar-refractivity contribution is -0.145. The summed E-state index contributed by atoms with van der Waals surface area (Å²) in [4.78, 5) is 65.9. The van der Waals surface area contributed by atoms with Crippen LogP contribution in [-0.4, -0.2) is 117 Å². The van der Waals surface area contributed by atoms with E-state index in [1.807, 2.05) is 42.0 Å². The zero-order valence-corrected chi connectivity index (χ0v) is 36.4. The minimum atomic E-state index is -1.22. The number of nitrogens with zero attached hydrogens (tertiary/aromatic N) is 5. The first kappa shape index (κ1) is 42.6. The van der Waals surface area contributed by atoms with E-state index in [9.17, 15) is 19.5 Å². The maximum Gasteiger partial charge on any atom is 0.407 e. The Labute approximate surface area is 366 Å². The molecule has 6 heterocycles. The van der Waals surface area contributed by atoms with Crippen molar-refractivity contribution in [3.8, 4) is 33.8 Å². The number of pyridine rings is 1. The number of aromatic nitrogens is 5. The number of aryl methyl sites for hydroxylation is 2. The van der Waals surface area contributed by atoms with Gasteiger partial charge in [0.1, 0.15) is 17.7 Å². The van der Waals surface area contributed by atoms with Gasteiger partial charge < -0.3 is 44.4 Å². The SMILES string of the molecule is COC(=O)N[C@H](C(=O)N1CCC[C@H]1c1ncc(-c2ccc3nc(-c4ccc5c(c4)CCc4[nH]c([C@@H]6CCCN6C(=O)[C@@H](NC(O)OC)C(C)C)nc4-5)ccc3c2)[nH]1)C1CCOCC1. The normalized spacial score (nSPS) is 20.4. The Morgan fingerprint density at radius 2 is 1.60 bits per heavy atom. The summed E-state index contributed by atoms with van der Waals surface area (Å²) < 4.78 is 15.4. The zero-order valence-electron chi connectivity index (χ0n) is 36.4. The monoisotopic (exact) mass is 859 g/mol. The lowest BCUT2D eigenvalue weighted by Crippen LogP contribution is -2.53. The fraction of sp³-hybridized carbons (Fsp3) is 0.489. The summed E-state index contributed by atoms with van der Waals surface area (Å²) in [5.74, 6) is 1.27. The molecule has 3 fully saturated rings. The highest BCUT2D eigenvalue weighted by Gasteiger charge is 2.41. The van der Waals surface area contributed by atoms with Gasteiger partial charge in [0, 0.05) is 61.2 Å². The molecule has 0 radical (unpaired) electrons. The van der Waals surface area contributed by atoms with Crippen molar-refractivity contribution in [1.82, 2.24) is 45.4 Å². The van der Waals surface area contributed by atoms with E-state index in [0.717, 1.165) is 101 Å². The number of ether oxygens (including phenoxy) is 3. The molecule has 9 rings (SSSR count). The lowest BCUT2D eigenvalue weighted by atomic mass is 9.90. The van der Waals surface area contributed by atoms with E-state index in [-0.39, 0.29) is 35.7 Å². The van der Waals surface area contributed by atoms with Gasteiger partial charge in [0.2, 0.25) is 18.2 Å². The van der Waals surface area contributed by atoms with E-state index in [0.29, 0.717) is 39.1 Å². The van der Waals surface area contributed by atoms with Crippen molar-refractivity contribution < 1.29 is 33.7 Å². The number of carbonyl (C=O) groups excluding carboxylic acids is 3. The summed E-state index contributed by atoms with van der Waals surface area (Å²) in [6, 6.07) is 15.1. The van der Waals surface area contributed by atoms with E-state index < -0.39 is 24.6 Å². The summed E-state index contributed by atoms with van der Waals surface area (Å²) in [5, 5.41) is 16.8. The second-order valence-electron chi connectivity index (χ2n) is 17.5. The molecule has 3 aromatic heterocycles. The molecular weight excluding hydrogens is 803 g/mol. The molecule has 3 amide bonds. The molecule has 1 unspecified atom stereocenters. The number of aliphatic hydroxyl groups excluding tert-OH is 1. The van der Waals surface area contributed by atoms with E-state index in [4.69, 9.17) is 29.2 Å². The number of alkyl carbamates (subject to hydrolysis) is 1. The number of H-pyrrole nitrogens is 2. The van der Waals surface area contributed by atoms with Gasteiger partial charge in [-0.05, 0) is 93.0 Å². The Hall–Kier alpha value is -5.68. The van der Waals surface area contributed by atoms with Gasteiger partial charge in [0.05, 0.1) is 54.0 Å². The van der Waals surface area contributed by atoms with Gasteiger partial charge in [-0.1, -0.05) is 38.1 Å². The number of methoxy groups -OCH3 is 2. The Bertz CT molecular complexity index is 2480. The third-order valence-electron chi connectivity index (χ3n) is 13.3. The van der Waals surface area contributed by atoms with Crippen molar-refractivity contribution in [3.05, 3.63) is 77.6 Å². The van der Waals surface area contributed by atoms with Crippen LogP contribution in [0.2, 0.25) is 0 Å². The molecule has 63 heavy (non-hydrogen) atoms. The number of fused-ring (bicyclic) bond motifs is 4. The van der Waals surface area contributed by atoms with Crippen LogP contribution in [-0.2, 0) is 36.6 Å². The second-order valence-corrected chi connectivity index (χ2v) is 17.5. The number of hydrogen-bond donors (Lipinski definition) is 5. The minimum Gasteiger partial charge on any atom is -0.453 e. The molecule has 16 heteroatoms. The number of aromatic amines is 2. The molecule has 0 spiro atoms. The number of benzene rings is 2. The predicted molar refractivity (Wildman–Crippen MR) is 235 cm³/mol. The first-order valence-corrected chi connectivity index (χ1v) is 22.3. The van der Waals surface area contributed by atoms with Crippen LogP contribution in [0, 0.1) is 11.8 Å². The first-order chi connectivity index (χ1) is 30.6. The fourth-order valence-corrected chi connectivity index (χ4v) is 9.92. The highest BCUT2D eigenvalue weighted by atomic mass is 16.6. The molecular formula is C47H57N9O7. The van der Waals surface area contributed by atoms with E-state index >= 15 is 0 Å². The smallest absolute Gasteiger partial charge is 0.407 e. The summed E-state index contributed by atoms with van der Waals surface area (Å²) in [7, 11) is 2.71. The number of nitrogens with one attached hydrogen (secondary N) is 4. The predicted octanol–water partition coefficient (Wildman–Crippen LogP) is 5.80. The van der Waals surface area contributed by atoms with Crippen LogP contribution in [0.1, 0.15) is 87.4 Å². The molecule has 16 nitrogen and oxygen atoms in total. The zero-order chi connectivity index (χ0) is 43.8. The van der Waals surface area contributed by atoms with Gasteiger partial charge in [-0.25, -0.2) is 19.7 Å². The van der Waals surface area contributed by atoms with Crippen molar-refractivity contribution in [1.29, 1.82) is 0 Å². The molecule has 4 aliphatic rings. The van der Waals surface area contributed by atoms with Crippen LogP contribution in [0.5, 0.6) is 0 Å². The van der Waals surface area contributed by atoms with E-state index in [1.54, 1.807) is 0 Å². The quantitative estimate of drug-likeness (QED) is 0.0951. The number of amides is 3. The molecule has 0 bridgehead atoms. The number of carbonyl (C=O) groups is 3.